The molecule has 0 heterocycles. The number of nitrogens with zero attached hydrogens (tertiary/aromatic N) is 2. The SMILES string of the molecule is CNc1ccc2cc(S(=O)(=O)O)c(N=Nc3ccc(S(=O)(=O)CCOS(=O)O)cc3)c(O)c2c1. The van der Waals surface area contributed by atoms with E-state index in [-0.39, 0.29) is 16.0 Å². The number of aromatic hydroxyl groups is 1. The van der Waals surface area contributed by atoms with Gasteiger partial charge in [0, 0.05) is 18.1 Å². The zero-order valence-electron chi connectivity index (χ0n) is 17.4. The van der Waals surface area contributed by atoms with Crippen LogP contribution < -0.4 is 5.32 Å². The second kappa shape index (κ2) is 10.1. The van der Waals surface area contributed by atoms with Gasteiger partial charge < -0.3 is 10.4 Å². The Kier molecular flexibility index (Phi) is 7.64. The minimum atomic E-state index is -4.77. The van der Waals surface area contributed by atoms with Crippen LogP contribution in [0.2, 0.25) is 0 Å². The number of hydrogen-bond acceptors (Lipinski definition) is 10. The van der Waals surface area contributed by atoms with Crippen molar-refractivity contribution in [3.05, 3.63) is 48.5 Å². The minimum Gasteiger partial charge on any atom is -0.505 e. The Labute approximate surface area is 197 Å². The van der Waals surface area contributed by atoms with E-state index in [2.05, 4.69) is 19.7 Å². The van der Waals surface area contributed by atoms with Crippen LogP contribution in [0.3, 0.4) is 0 Å². The van der Waals surface area contributed by atoms with Crippen molar-refractivity contribution >= 4 is 59.2 Å². The number of sulfone groups is 1. The third kappa shape index (κ3) is 5.94. The Morgan fingerprint density at radius 1 is 1.03 bits per heavy atom. The minimum absolute atomic E-state index is 0.106. The van der Waals surface area contributed by atoms with Gasteiger partial charge in [-0.1, -0.05) is 6.07 Å². The number of anilines is 1. The number of azo groups is 1. The van der Waals surface area contributed by atoms with Crippen LogP contribution in [0, 0.1) is 0 Å². The van der Waals surface area contributed by atoms with Gasteiger partial charge in [-0.3, -0.25) is 13.3 Å². The molecule has 1 atom stereocenters. The first-order valence-electron chi connectivity index (χ1n) is 9.36. The largest absolute Gasteiger partial charge is 0.505 e. The maximum atomic E-state index is 12.2. The average molecular weight is 530 g/mol. The van der Waals surface area contributed by atoms with Crippen LogP contribution in [0.1, 0.15) is 0 Å². The summed E-state index contributed by atoms with van der Waals surface area (Å²) in [7, 11) is -6.91. The third-order valence-electron chi connectivity index (χ3n) is 4.62. The first-order valence-corrected chi connectivity index (χ1v) is 13.5. The lowest BCUT2D eigenvalue weighted by atomic mass is 10.1. The second-order valence-electron chi connectivity index (χ2n) is 6.78. The summed E-state index contributed by atoms with van der Waals surface area (Å²) < 4.78 is 81.2. The number of rotatable bonds is 9. The van der Waals surface area contributed by atoms with E-state index in [1.807, 2.05) is 0 Å². The lowest BCUT2D eigenvalue weighted by Gasteiger charge is -2.10. The average Bonchev–Trinajstić information content (AvgIpc) is 2.77. The van der Waals surface area contributed by atoms with Gasteiger partial charge >= 0.3 is 11.4 Å². The molecule has 0 aliphatic rings. The molecule has 1 unspecified atom stereocenters. The summed E-state index contributed by atoms with van der Waals surface area (Å²) in [6, 6.07) is 10.9. The molecule has 3 rings (SSSR count). The zero-order valence-corrected chi connectivity index (χ0v) is 19.9. The van der Waals surface area contributed by atoms with Gasteiger partial charge in [0.15, 0.2) is 15.6 Å². The van der Waals surface area contributed by atoms with Crippen molar-refractivity contribution in [3.8, 4) is 5.75 Å². The van der Waals surface area contributed by atoms with Crippen molar-refractivity contribution in [2.75, 3.05) is 24.7 Å². The highest BCUT2D eigenvalue weighted by molar-refractivity contribution is 7.91. The molecule has 3 aromatic rings. The summed E-state index contributed by atoms with van der Waals surface area (Å²) in [6.07, 6.45) is 0. The van der Waals surface area contributed by atoms with E-state index in [4.69, 9.17) is 4.55 Å². The van der Waals surface area contributed by atoms with E-state index < -0.39 is 60.0 Å². The monoisotopic (exact) mass is 529 g/mol. The van der Waals surface area contributed by atoms with E-state index in [0.29, 0.717) is 11.1 Å². The molecule has 12 nitrogen and oxygen atoms in total. The molecule has 3 aromatic carbocycles. The number of benzene rings is 3. The Morgan fingerprint density at radius 3 is 2.29 bits per heavy atom. The summed E-state index contributed by atoms with van der Waals surface area (Å²) in [5.74, 6) is -1.05. The molecule has 0 saturated heterocycles. The lowest BCUT2D eigenvalue weighted by Crippen LogP contribution is -2.13. The molecular weight excluding hydrogens is 510 g/mol. The van der Waals surface area contributed by atoms with Crippen LogP contribution >= 0.6 is 0 Å². The predicted octanol–water partition coefficient (Wildman–Crippen LogP) is 3.18. The first-order chi connectivity index (χ1) is 15.9. The molecule has 4 N–H and O–H groups in total. The third-order valence-corrected chi connectivity index (χ3v) is 7.55. The van der Waals surface area contributed by atoms with Crippen LogP contribution in [0.25, 0.3) is 10.8 Å². The highest BCUT2D eigenvalue weighted by Gasteiger charge is 2.22. The van der Waals surface area contributed by atoms with Crippen molar-refractivity contribution < 1.29 is 39.4 Å². The van der Waals surface area contributed by atoms with E-state index >= 15 is 0 Å². The standard InChI is InChI=1S/C19H19N3O9S3/c1-20-14-3-2-12-10-17(34(28,29)30)18(19(23)16(12)11-14)22-21-13-4-6-15(7-5-13)33(26,27)9-8-31-32(24)25/h2-7,10-11,20,23H,8-9H2,1H3,(H,24,25)(H,28,29,30). The fourth-order valence-corrected chi connectivity index (χ4v) is 5.03. The summed E-state index contributed by atoms with van der Waals surface area (Å²) in [6.45, 7) is -0.484. The van der Waals surface area contributed by atoms with Gasteiger partial charge in [0.1, 0.15) is 10.6 Å². The van der Waals surface area contributed by atoms with Crippen molar-refractivity contribution in [1.29, 1.82) is 0 Å². The van der Waals surface area contributed by atoms with Gasteiger partial charge in [-0.15, -0.1) is 5.11 Å². The summed E-state index contributed by atoms with van der Waals surface area (Å²) >= 11 is -2.58. The second-order valence-corrected chi connectivity index (χ2v) is 11.0. The number of fused-ring (bicyclic) bond motifs is 1. The van der Waals surface area contributed by atoms with Gasteiger partial charge in [0.25, 0.3) is 10.1 Å². The van der Waals surface area contributed by atoms with E-state index in [1.165, 1.54) is 24.3 Å². The summed E-state index contributed by atoms with van der Waals surface area (Å²) in [4.78, 5) is -0.760. The normalized spacial score (nSPS) is 13.4. The molecule has 0 aliphatic carbocycles. The van der Waals surface area contributed by atoms with Crippen molar-refractivity contribution in [2.24, 2.45) is 10.2 Å². The highest BCUT2D eigenvalue weighted by Crippen LogP contribution is 2.42. The van der Waals surface area contributed by atoms with Crippen LogP contribution in [0.4, 0.5) is 17.1 Å². The number of nitrogens with one attached hydrogen (secondary N) is 1. The molecule has 0 aromatic heterocycles. The Bertz CT molecular complexity index is 1490. The highest BCUT2D eigenvalue weighted by atomic mass is 32.2. The molecule has 0 radical (unpaired) electrons. The Morgan fingerprint density at radius 2 is 1.71 bits per heavy atom. The smallest absolute Gasteiger partial charge is 0.301 e. The van der Waals surface area contributed by atoms with Crippen LogP contribution in [0.5, 0.6) is 5.75 Å². The maximum Gasteiger partial charge on any atom is 0.301 e. The van der Waals surface area contributed by atoms with E-state index in [0.717, 1.165) is 6.07 Å². The van der Waals surface area contributed by atoms with Crippen LogP contribution in [-0.4, -0.2) is 54.7 Å². The Balaban J connectivity index is 1.97. The topological polar surface area (TPSA) is 192 Å². The zero-order chi connectivity index (χ0) is 25.1. The lowest BCUT2D eigenvalue weighted by molar-refractivity contribution is 0.326. The molecule has 34 heavy (non-hydrogen) atoms. The number of phenolic OH excluding ortho intramolecular Hbond substituents is 1. The van der Waals surface area contributed by atoms with E-state index in [1.54, 1.807) is 25.2 Å². The number of phenols is 1. The molecule has 0 bridgehead atoms. The molecular formula is C19H19N3O9S3. The maximum absolute atomic E-state index is 12.2. The van der Waals surface area contributed by atoms with Crippen molar-refractivity contribution in [2.45, 2.75) is 9.79 Å². The van der Waals surface area contributed by atoms with Crippen molar-refractivity contribution in [3.63, 3.8) is 0 Å². The fourth-order valence-electron chi connectivity index (χ4n) is 2.95. The quantitative estimate of drug-likeness (QED) is 0.182. The molecule has 0 amide bonds. The predicted molar refractivity (Wildman–Crippen MR) is 124 cm³/mol. The number of hydrogen-bond donors (Lipinski definition) is 4. The molecule has 0 fully saturated rings. The van der Waals surface area contributed by atoms with Gasteiger partial charge in [-0.25, -0.2) is 8.42 Å². The molecule has 0 saturated carbocycles. The van der Waals surface area contributed by atoms with Gasteiger partial charge in [0.05, 0.1) is 22.9 Å². The first kappa shape index (κ1) is 25.7. The van der Waals surface area contributed by atoms with Crippen molar-refractivity contribution in [1.82, 2.24) is 0 Å². The van der Waals surface area contributed by atoms with Gasteiger partial charge in [0.2, 0.25) is 0 Å². The summed E-state index contributed by atoms with van der Waals surface area (Å²) in [5.41, 5.74) is 0.267. The molecule has 0 spiro atoms. The molecule has 182 valence electrons. The van der Waals surface area contributed by atoms with E-state index in [9.17, 15) is 30.7 Å². The molecule has 0 aliphatic heterocycles. The van der Waals surface area contributed by atoms with Gasteiger partial charge in [-0.2, -0.15) is 17.7 Å². The van der Waals surface area contributed by atoms with Crippen LogP contribution in [0.15, 0.2) is 68.6 Å². The summed E-state index contributed by atoms with van der Waals surface area (Å²) in [5, 5.41) is 21.8. The van der Waals surface area contributed by atoms with Crippen LogP contribution in [-0.2, 0) is 35.5 Å². The fraction of sp³-hybridized carbons (Fsp3) is 0.158. The Hall–Kier alpha value is -2.95. The van der Waals surface area contributed by atoms with Gasteiger partial charge in [-0.05, 0) is 47.9 Å². The molecule has 15 heteroatoms.